The van der Waals surface area contributed by atoms with Crippen LogP contribution in [0.15, 0.2) is 0 Å². The molecule has 0 saturated heterocycles. The highest BCUT2D eigenvalue weighted by atomic mass is 32.2. The minimum atomic E-state index is -3.63. The second-order valence-corrected chi connectivity index (χ2v) is 7.06. The molecule has 0 aromatic rings. The number of carboxylic acid groups (broad SMARTS) is 1. The molecule has 2 unspecified atom stereocenters. The first-order chi connectivity index (χ1) is 8.17. The molecular formula is C11H22N2O4S. The van der Waals surface area contributed by atoms with Crippen molar-refractivity contribution in [2.45, 2.75) is 46.1 Å². The summed E-state index contributed by atoms with van der Waals surface area (Å²) >= 11 is 0. The van der Waals surface area contributed by atoms with Crippen LogP contribution in [0.4, 0.5) is 0 Å². The highest BCUT2D eigenvalue weighted by molar-refractivity contribution is 7.87. The van der Waals surface area contributed by atoms with Crippen LogP contribution in [-0.4, -0.2) is 32.1 Å². The number of carboxylic acids is 1. The van der Waals surface area contributed by atoms with E-state index in [1.54, 1.807) is 6.92 Å². The first-order valence-corrected chi connectivity index (χ1v) is 7.66. The second kappa shape index (κ2) is 5.54. The van der Waals surface area contributed by atoms with Gasteiger partial charge in [-0.1, -0.05) is 20.3 Å². The lowest BCUT2D eigenvalue weighted by Crippen LogP contribution is -2.50. The number of hydrogen-bond donors (Lipinski definition) is 3. The Bertz CT molecular complexity index is 407. The van der Waals surface area contributed by atoms with Crippen LogP contribution in [0.2, 0.25) is 0 Å². The summed E-state index contributed by atoms with van der Waals surface area (Å²) < 4.78 is 28.5. The van der Waals surface area contributed by atoms with Crippen molar-refractivity contribution in [3.63, 3.8) is 0 Å². The van der Waals surface area contributed by atoms with Crippen molar-refractivity contribution in [2.75, 3.05) is 6.54 Å². The second-order valence-electron chi connectivity index (χ2n) is 5.53. The molecule has 1 saturated carbocycles. The largest absolute Gasteiger partial charge is 0.481 e. The summed E-state index contributed by atoms with van der Waals surface area (Å²) in [5, 5.41) is 9.20. The molecule has 0 bridgehead atoms. The maximum atomic E-state index is 11.8. The van der Waals surface area contributed by atoms with Gasteiger partial charge in [-0.3, -0.25) is 4.79 Å². The molecule has 7 heteroatoms. The number of nitrogens with one attached hydrogen (secondary N) is 2. The van der Waals surface area contributed by atoms with Gasteiger partial charge in [-0.25, -0.2) is 4.72 Å². The molecule has 1 aliphatic carbocycles. The zero-order valence-electron chi connectivity index (χ0n) is 11.1. The molecule has 6 nitrogen and oxygen atoms in total. The summed E-state index contributed by atoms with van der Waals surface area (Å²) in [5.41, 5.74) is -1.01. The van der Waals surface area contributed by atoms with Gasteiger partial charge in [0.25, 0.3) is 10.2 Å². The third kappa shape index (κ3) is 3.66. The molecule has 1 fully saturated rings. The third-order valence-electron chi connectivity index (χ3n) is 3.43. The molecule has 2 atom stereocenters. The van der Waals surface area contributed by atoms with E-state index in [-0.39, 0.29) is 5.92 Å². The van der Waals surface area contributed by atoms with E-state index < -0.39 is 27.6 Å². The Hall–Kier alpha value is -0.660. The number of hydrogen-bond acceptors (Lipinski definition) is 3. The van der Waals surface area contributed by atoms with Crippen molar-refractivity contribution >= 4 is 16.2 Å². The predicted molar refractivity (Wildman–Crippen MR) is 68.3 cm³/mol. The van der Waals surface area contributed by atoms with Gasteiger partial charge >= 0.3 is 5.97 Å². The van der Waals surface area contributed by atoms with E-state index in [0.717, 1.165) is 6.42 Å². The fourth-order valence-electron chi connectivity index (χ4n) is 2.12. The maximum absolute atomic E-state index is 11.8. The number of carbonyl (C=O) groups is 1. The monoisotopic (exact) mass is 278 g/mol. The van der Waals surface area contributed by atoms with E-state index in [4.69, 9.17) is 0 Å². The molecule has 3 N–H and O–H groups in total. The SMILES string of the molecule is CC(C)CNS(=O)(=O)NC1CCCC1(C)C(=O)O. The van der Waals surface area contributed by atoms with Crippen molar-refractivity contribution in [3.8, 4) is 0 Å². The average Bonchev–Trinajstić information content (AvgIpc) is 2.58. The Balaban J connectivity index is 2.69. The van der Waals surface area contributed by atoms with Crippen molar-refractivity contribution in [1.29, 1.82) is 0 Å². The normalized spacial score (nSPS) is 28.8. The summed E-state index contributed by atoms with van der Waals surface area (Å²) in [5.74, 6) is -0.743. The van der Waals surface area contributed by atoms with Gasteiger partial charge in [0.1, 0.15) is 0 Å². The lowest BCUT2D eigenvalue weighted by atomic mass is 9.85. The molecule has 0 aromatic carbocycles. The molecule has 0 aromatic heterocycles. The first-order valence-electron chi connectivity index (χ1n) is 6.17. The lowest BCUT2D eigenvalue weighted by Gasteiger charge is -2.27. The van der Waals surface area contributed by atoms with Crippen molar-refractivity contribution in [3.05, 3.63) is 0 Å². The van der Waals surface area contributed by atoms with Crippen molar-refractivity contribution in [2.24, 2.45) is 11.3 Å². The molecule has 0 heterocycles. The van der Waals surface area contributed by atoms with Crippen LogP contribution >= 0.6 is 0 Å². The molecule has 0 radical (unpaired) electrons. The van der Waals surface area contributed by atoms with E-state index in [0.29, 0.717) is 19.4 Å². The third-order valence-corrected chi connectivity index (χ3v) is 4.57. The summed E-state index contributed by atoms with van der Waals surface area (Å²) in [6, 6.07) is -0.542. The number of aliphatic carboxylic acids is 1. The standard InChI is InChI=1S/C11H22N2O4S/c1-8(2)7-12-18(16,17)13-9-5-4-6-11(9,3)10(14)15/h8-9,12-13H,4-7H2,1-3H3,(H,14,15). The Labute approximate surface area is 108 Å². The molecule has 1 rings (SSSR count). The lowest BCUT2D eigenvalue weighted by molar-refractivity contribution is -0.148. The van der Waals surface area contributed by atoms with E-state index in [1.165, 1.54) is 0 Å². The molecule has 1 aliphatic rings. The van der Waals surface area contributed by atoms with Gasteiger partial charge in [0.15, 0.2) is 0 Å². The van der Waals surface area contributed by atoms with E-state index in [1.807, 2.05) is 13.8 Å². The van der Waals surface area contributed by atoms with Crippen LogP contribution in [0.5, 0.6) is 0 Å². The van der Waals surface area contributed by atoms with Crippen molar-refractivity contribution in [1.82, 2.24) is 9.44 Å². The fraction of sp³-hybridized carbons (Fsp3) is 0.909. The van der Waals surface area contributed by atoms with Crippen LogP contribution in [0, 0.1) is 11.3 Å². The van der Waals surface area contributed by atoms with Gasteiger partial charge < -0.3 is 5.11 Å². The van der Waals surface area contributed by atoms with Crippen molar-refractivity contribution < 1.29 is 18.3 Å². The van der Waals surface area contributed by atoms with Crippen LogP contribution < -0.4 is 9.44 Å². The van der Waals surface area contributed by atoms with Crippen LogP contribution in [0.1, 0.15) is 40.0 Å². The van der Waals surface area contributed by atoms with Crippen LogP contribution in [-0.2, 0) is 15.0 Å². The van der Waals surface area contributed by atoms with Crippen LogP contribution in [0.25, 0.3) is 0 Å². The smallest absolute Gasteiger partial charge is 0.310 e. The quantitative estimate of drug-likeness (QED) is 0.667. The molecule has 18 heavy (non-hydrogen) atoms. The van der Waals surface area contributed by atoms with Gasteiger partial charge in [0.2, 0.25) is 0 Å². The fourth-order valence-corrected chi connectivity index (χ4v) is 3.51. The molecule has 0 aliphatic heterocycles. The Kier molecular flexibility index (Phi) is 4.74. The topological polar surface area (TPSA) is 95.5 Å². The van der Waals surface area contributed by atoms with E-state index >= 15 is 0 Å². The summed E-state index contributed by atoms with van der Waals surface area (Å²) in [7, 11) is -3.63. The average molecular weight is 278 g/mol. The summed E-state index contributed by atoms with van der Waals surface area (Å²) in [6.45, 7) is 5.74. The zero-order chi connectivity index (χ0) is 14.0. The Morgan fingerprint density at radius 2 is 2.11 bits per heavy atom. The highest BCUT2D eigenvalue weighted by Gasteiger charge is 2.46. The Morgan fingerprint density at radius 3 is 2.61 bits per heavy atom. The highest BCUT2D eigenvalue weighted by Crippen LogP contribution is 2.38. The molecular weight excluding hydrogens is 256 g/mol. The van der Waals surface area contributed by atoms with Gasteiger partial charge in [0, 0.05) is 12.6 Å². The van der Waals surface area contributed by atoms with E-state index in [9.17, 15) is 18.3 Å². The predicted octanol–water partition coefficient (Wildman–Crippen LogP) is 0.710. The number of rotatable bonds is 6. The minimum absolute atomic E-state index is 0.205. The molecule has 106 valence electrons. The Morgan fingerprint density at radius 1 is 1.50 bits per heavy atom. The first kappa shape index (κ1) is 15.4. The van der Waals surface area contributed by atoms with E-state index in [2.05, 4.69) is 9.44 Å². The summed E-state index contributed by atoms with van der Waals surface area (Å²) in [4.78, 5) is 11.2. The summed E-state index contributed by atoms with van der Waals surface area (Å²) in [6.07, 6.45) is 1.78. The van der Waals surface area contributed by atoms with Gasteiger partial charge in [-0.05, 0) is 25.7 Å². The zero-order valence-corrected chi connectivity index (χ0v) is 11.9. The van der Waals surface area contributed by atoms with Gasteiger partial charge in [-0.2, -0.15) is 13.1 Å². The molecule has 0 spiro atoms. The van der Waals surface area contributed by atoms with Crippen LogP contribution in [0.3, 0.4) is 0 Å². The van der Waals surface area contributed by atoms with Gasteiger partial charge in [0.05, 0.1) is 5.41 Å². The molecule has 0 amide bonds. The maximum Gasteiger partial charge on any atom is 0.310 e. The van der Waals surface area contributed by atoms with Gasteiger partial charge in [-0.15, -0.1) is 0 Å². The minimum Gasteiger partial charge on any atom is -0.481 e.